The third-order valence-electron chi connectivity index (χ3n) is 4.35. The predicted molar refractivity (Wildman–Crippen MR) is 99.2 cm³/mol. The van der Waals surface area contributed by atoms with Crippen LogP contribution in [-0.4, -0.2) is 53.1 Å². The Hall–Kier alpha value is -1.27. The second-order valence-corrected chi connectivity index (χ2v) is 7.41. The van der Waals surface area contributed by atoms with Gasteiger partial charge < -0.3 is 4.90 Å². The van der Waals surface area contributed by atoms with Gasteiger partial charge in [-0.2, -0.15) is 0 Å². The van der Waals surface area contributed by atoms with Crippen LogP contribution in [0.3, 0.4) is 0 Å². The zero-order chi connectivity index (χ0) is 17.0. The molecule has 0 radical (unpaired) electrons. The summed E-state index contributed by atoms with van der Waals surface area (Å²) in [5.41, 5.74) is 1.04. The van der Waals surface area contributed by atoms with E-state index in [1.807, 2.05) is 49.8 Å². The fourth-order valence-electron chi connectivity index (χ4n) is 3.03. The summed E-state index contributed by atoms with van der Waals surface area (Å²) in [4.78, 5) is 31.3. The topological polar surface area (TPSA) is 49.7 Å². The normalized spacial score (nSPS) is 23.9. The van der Waals surface area contributed by atoms with Crippen LogP contribution >= 0.6 is 23.5 Å². The quantitative estimate of drug-likeness (QED) is 0.476. The van der Waals surface area contributed by atoms with Gasteiger partial charge in [-0.3, -0.25) is 14.6 Å². The molecule has 0 aliphatic carbocycles. The molecule has 1 aromatic rings. The predicted octanol–water partition coefficient (Wildman–Crippen LogP) is 2.90. The number of thioether (sulfide) groups is 2. The highest BCUT2D eigenvalue weighted by atomic mass is 32.2. The highest BCUT2D eigenvalue weighted by molar-refractivity contribution is 8.38. The first kappa shape index (κ1) is 18.1. The summed E-state index contributed by atoms with van der Waals surface area (Å²) in [7, 11) is 1.77. The zero-order valence-corrected chi connectivity index (χ0v) is 15.5. The number of ketones is 1. The summed E-state index contributed by atoms with van der Waals surface area (Å²) in [6.45, 7) is 2.07. The number of carbonyl (C=O) groups excluding carboxylic acids is 2. The molecule has 2 rings (SSSR count). The van der Waals surface area contributed by atoms with Gasteiger partial charge in [-0.25, -0.2) is 0 Å². The molecule has 1 fully saturated rings. The molecule has 1 aliphatic heterocycles. The minimum atomic E-state index is -0.633. The van der Waals surface area contributed by atoms with Gasteiger partial charge in [0.2, 0.25) is 5.91 Å². The fourth-order valence-corrected chi connectivity index (χ4v) is 4.08. The molecule has 0 aromatic heterocycles. The van der Waals surface area contributed by atoms with Crippen molar-refractivity contribution in [2.24, 2.45) is 10.9 Å². The van der Waals surface area contributed by atoms with Crippen LogP contribution < -0.4 is 0 Å². The molecule has 124 valence electrons. The van der Waals surface area contributed by atoms with Crippen LogP contribution in [0.5, 0.6) is 0 Å². The van der Waals surface area contributed by atoms with Gasteiger partial charge >= 0.3 is 0 Å². The maximum atomic E-state index is 12.7. The first-order valence-corrected chi connectivity index (χ1v) is 9.93. The van der Waals surface area contributed by atoms with Crippen molar-refractivity contribution in [3.63, 3.8) is 0 Å². The number of rotatable bonds is 4. The Bertz CT molecular complexity index is 598. The molecular weight excluding hydrogens is 328 g/mol. The largest absolute Gasteiger partial charge is 0.342 e. The van der Waals surface area contributed by atoms with E-state index in [0.29, 0.717) is 0 Å². The number of hydrogen-bond donors (Lipinski definition) is 0. The zero-order valence-electron chi connectivity index (χ0n) is 13.9. The number of benzene rings is 1. The fraction of sp³-hybridized carbons (Fsp3) is 0.471. The number of hydrogen-bond acceptors (Lipinski definition) is 5. The SMILES string of the molecule is CSC(=NCC(=O)C1C(=O)N(C)[C@@H](C)[C@H]1c1ccccc1)SC. The second-order valence-electron chi connectivity index (χ2n) is 5.56. The van der Waals surface area contributed by atoms with Gasteiger partial charge in [0, 0.05) is 19.0 Å². The van der Waals surface area contributed by atoms with E-state index in [4.69, 9.17) is 0 Å². The minimum absolute atomic E-state index is 0.00315. The van der Waals surface area contributed by atoms with Crippen LogP contribution in [0.15, 0.2) is 35.3 Å². The molecule has 0 saturated carbocycles. The van der Waals surface area contributed by atoms with Gasteiger partial charge in [0.25, 0.3) is 0 Å². The number of aliphatic imine (C=N–C) groups is 1. The van der Waals surface area contributed by atoms with Gasteiger partial charge in [0.05, 0.1) is 0 Å². The molecule has 1 unspecified atom stereocenters. The van der Waals surface area contributed by atoms with Gasteiger partial charge in [-0.05, 0) is 25.0 Å². The summed E-state index contributed by atoms with van der Waals surface area (Å²) < 4.78 is 0.862. The van der Waals surface area contributed by atoms with Crippen molar-refractivity contribution in [2.45, 2.75) is 18.9 Å². The third-order valence-corrected chi connectivity index (χ3v) is 6.30. The maximum Gasteiger partial charge on any atom is 0.233 e. The molecule has 1 saturated heterocycles. The van der Waals surface area contributed by atoms with E-state index in [1.54, 1.807) is 11.9 Å². The van der Waals surface area contributed by atoms with E-state index in [2.05, 4.69) is 4.99 Å². The van der Waals surface area contributed by atoms with Crippen LogP contribution in [0.1, 0.15) is 18.4 Å². The summed E-state index contributed by atoms with van der Waals surface area (Å²) in [6.07, 6.45) is 3.87. The Morgan fingerprint density at radius 1 is 1.22 bits per heavy atom. The molecule has 1 aliphatic rings. The van der Waals surface area contributed by atoms with Crippen molar-refractivity contribution < 1.29 is 9.59 Å². The lowest BCUT2D eigenvalue weighted by molar-refractivity contribution is -0.136. The van der Waals surface area contributed by atoms with Gasteiger partial charge in [0.1, 0.15) is 16.8 Å². The Morgan fingerprint density at radius 2 is 1.83 bits per heavy atom. The van der Waals surface area contributed by atoms with E-state index < -0.39 is 5.92 Å². The lowest BCUT2D eigenvalue weighted by Gasteiger charge is -2.21. The summed E-state index contributed by atoms with van der Waals surface area (Å²) in [5, 5.41) is 0. The standard InChI is InChI=1S/C17H22N2O2S2/c1-11-14(12-8-6-5-7-9-12)15(16(21)19(11)2)13(20)10-18-17(22-3)23-4/h5-9,11,14-15H,10H2,1-4H3/t11-,14-,15?/m0/s1. The highest BCUT2D eigenvalue weighted by Crippen LogP contribution is 2.38. The monoisotopic (exact) mass is 350 g/mol. The molecule has 23 heavy (non-hydrogen) atoms. The third kappa shape index (κ3) is 3.80. The van der Waals surface area contributed by atoms with Crippen LogP contribution in [0.4, 0.5) is 0 Å². The second kappa shape index (κ2) is 8.02. The van der Waals surface area contributed by atoms with Crippen molar-refractivity contribution in [1.29, 1.82) is 0 Å². The molecule has 3 atom stereocenters. The van der Waals surface area contributed by atoms with Crippen molar-refractivity contribution >= 4 is 39.6 Å². The molecule has 1 aromatic carbocycles. The summed E-state index contributed by atoms with van der Waals surface area (Å²) in [5.74, 6) is -0.934. The number of likely N-dealkylation sites (tertiary alicyclic amines) is 1. The number of nitrogens with zero attached hydrogens (tertiary/aromatic N) is 2. The average molecular weight is 351 g/mol. The van der Waals surface area contributed by atoms with E-state index in [1.165, 1.54) is 23.5 Å². The van der Waals surface area contributed by atoms with E-state index >= 15 is 0 Å². The molecule has 6 heteroatoms. The Labute approximate surface area is 146 Å². The van der Waals surface area contributed by atoms with E-state index in [9.17, 15) is 9.59 Å². The van der Waals surface area contributed by atoms with Crippen LogP contribution in [0.25, 0.3) is 0 Å². The van der Waals surface area contributed by atoms with Crippen molar-refractivity contribution in [1.82, 2.24) is 4.90 Å². The van der Waals surface area contributed by atoms with Crippen LogP contribution in [0.2, 0.25) is 0 Å². The van der Waals surface area contributed by atoms with E-state index in [0.717, 1.165) is 9.94 Å². The van der Waals surface area contributed by atoms with E-state index in [-0.39, 0.29) is 30.2 Å². The smallest absolute Gasteiger partial charge is 0.233 e. The van der Waals surface area contributed by atoms with Gasteiger partial charge in [0.15, 0.2) is 5.78 Å². The van der Waals surface area contributed by atoms with Crippen molar-refractivity contribution in [3.8, 4) is 0 Å². The molecule has 4 nitrogen and oxygen atoms in total. The maximum absolute atomic E-state index is 12.7. The lowest BCUT2D eigenvalue weighted by Crippen LogP contribution is -2.30. The number of likely N-dealkylation sites (N-methyl/N-ethyl adjacent to an activating group) is 1. The Morgan fingerprint density at radius 3 is 2.39 bits per heavy atom. The van der Waals surface area contributed by atoms with Crippen LogP contribution in [0, 0.1) is 5.92 Å². The number of Topliss-reactive ketones (excluding diaryl/α,β-unsaturated/α-hetero) is 1. The average Bonchev–Trinajstić information content (AvgIpc) is 2.80. The molecule has 1 amide bonds. The first-order chi connectivity index (χ1) is 11.0. The van der Waals surface area contributed by atoms with Crippen LogP contribution in [-0.2, 0) is 9.59 Å². The summed E-state index contributed by atoms with van der Waals surface area (Å²) >= 11 is 3.04. The minimum Gasteiger partial charge on any atom is -0.342 e. The Kier molecular flexibility index (Phi) is 6.30. The molecule has 0 bridgehead atoms. The molecular formula is C17H22N2O2S2. The first-order valence-electron chi connectivity index (χ1n) is 7.48. The highest BCUT2D eigenvalue weighted by Gasteiger charge is 2.48. The molecule has 1 heterocycles. The lowest BCUT2D eigenvalue weighted by atomic mass is 9.82. The molecule has 0 spiro atoms. The number of carbonyl (C=O) groups is 2. The Balaban J connectivity index is 2.28. The summed E-state index contributed by atoms with van der Waals surface area (Å²) in [6, 6.07) is 9.83. The van der Waals surface area contributed by atoms with Gasteiger partial charge in [-0.1, -0.05) is 30.3 Å². The van der Waals surface area contributed by atoms with Gasteiger partial charge in [-0.15, -0.1) is 23.5 Å². The number of amides is 1. The van der Waals surface area contributed by atoms with Crippen molar-refractivity contribution in [3.05, 3.63) is 35.9 Å². The van der Waals surface area contributed by atoms with Crippen molar-refractivity contribution in [2.75, 3.05) is 26.1 Å². The molecule has 0 N–H and O–H groups in total.